The fourth-order valence-electron chi connectivity index (χ4n) is 4.71. The van der Waals surface area contributed by atoms with E-state index in [0.29, 0.717) is 17.2 Å². The number of likely N-dealkylation sites (tertiary alicyclic amines) is 1. The van der Waals surface area contributed by atoms with Gasteiger partial charge in [-0.25, -0.2) is 18.0 Å². The average Bonchev–Trinajstić information content (AvgIpc) is 3.29. The van der Waals surface area contributed by atoms with Crippen LogP contribution in [0.3, 0.4) is 0 Å². The van der Waals surface area contributed by atoms with Gasteiger partial charge in [0, 0.05) is 24.2 Å². The number of ether oxygens (including phenoxy) is 1. The largest absolute Gasteiger partial charge is 0.444 e. The summed E-state index contributed by atoms with van der Waals surface area (Å²) in [5, 5.41) is 2.78. The Kier molecular flexibility index (Phi) is 8.64. The van der Waals surface area contributed by atoms with Gasteiger partial charge in [-0.15, -0.1) is 0 Å². The molecule has 0 spiro atoms. The van der Waals surface area contributed by atoms with Gasteiger partial charge >= 0.3 is 6.09 Å². The van der Waals surface area contributed by atoms with Crippen LogP contribution in [0.1, 0.15) is 54.8 Å². The molecule has 12 heteroatoms. The number of nitrogens with one attached hydrogen (secondary N) is 1. The zero-order valence-corrected chi connectivity index (χ0v) is 23.1. The van der Waals surface area contributed by atoms with E-state index in [1.165, 1.54) is 18.3 Å². The Morgan fingerprint density at radius 1 is 1.10 bits per heavy atom. The van der Waals surface area contributed by atoms with Gasteiger partial charge < -0.3 is 15.8 Å². The number of rotatable bonds is 7. The first-order valence-electron chi connectivity index (χ1n) is 13.0. The van der Waals surface area contributed by atoms with Crippen LogP contribution in [-0.4, -0.2) is 51.8 Å². The molecular weight excluding hydrogens is 553 g/mol. The van der Waals surface area contributed by atoms with E-state index >= 15 is 0 Å². The van der Waals surface area contributed by atoms with Crippen molar-refractivity contribution >= 4 is 23.7 Å². The van der Waals surface area contributed by atoms with E-state index < -0.39 is 53.0 Å². The highest BCUT2D eigenvalue weighted by atomic mass is 19.1. The van der Waals surface area contributed by atoms with Crippen molar-refractivity contribution in [2.24, 2.45) is 5.73 Å². The van der Waals surface area contributed by atoms with Crippen LogP contribution in [0.15, 0.2) is 54.7 Å². The molecule has 0 saturated carbocycles. The number of hydrogen-bond donors (Lipinski definition) is 2. The number of carbonyl (C=O) groups excluding carboxylic acids is 4. The van der Waals surface area contributed by atoms with Crippen LogP contribution >= 0.6 is 0 Å². The van der Waals surface area contributed by atoms with Crippen molar-refractivity contribution in [3.63, 3.8) is 0 Å². The second-order valence-corrected chi connectivity index (χ2v) is 10.9. The van der Waals surface area contributed by atoms with Crippen LogP contribution < -0.4 is 11.1 Å². The Morgan fingerprint density at radius 3 is 2.43 bits per heavy atom. The van der Waals surface area contributed by atoms with Gasteiger partial charge in [0.25, 0.3) is 5.91 Å². The van der Waals surface area contributed by atoms with Crippen LogP contribution in [0, 0.1) is 17.5 Å². The van der Waals surface area contributed by atoms with Crippen molar-refractivity contribution in [1.82, 2.24) is 15.2 Å². The van der Waals surface area contributed by atoms with E-state index in [4.69, 9.17) is 10.5 Å². The highest BCUT2D eigenvalue weighted by Gasteiger charge is 2.41. The molecule has 2 atom stereocenters. The van der Waals surface area contributed by atoms with E-state index in [-0.39, 0.29) is 42.0 Å². The van der Waals surface area contributed by atoms with Gasteiger partial charge in [-0.05, 0) is 68.7 Å². The maximum atomic E-state index is 14.2. The van der Waals surface area contributed by atoms with E-state index in [9.17, 15) is 32.3 Å². The molecule has 1 aromatic heterocycles. The molecule has 1 fully saturated rings. The summed E-state index contributed by atoms with van der Waals surface area (Å²) in [7, 11) is 0. The first-order chi connectivity index (χ1) is 19.7. The quantitative estimate of drug-likeness (QED) is 0.428. The number of aromatic nitrogens is 1. The molecule has 2 aromatic carbocycles. The van der Waals surface area contributed by atoms with Crippen molar-refractivity contribution in [2.45, 2.75) is 51.3 Å². The monoisotopic (exact) mass is 582 g/mol. The van der Waals surface area contributed by atoms with Crippen molar-refractivity contribution in [3.8, 4) is 11.1 Å². The van der Waals surface area contributed by atoms with E-state index in [1.54, 1.807) is 32.9 Å². The van der Waals surface area contributed by atoms with Gasteiger partial charge in [-0.3, -0.25) is 24.3 Å². The number of carbonyl (C=O) groups is 4. The number of ketones is 1. The number of primary amides is 1. The third kappa shape index (κ3) is 7.12. The fourth-order valence-corrected chi connectivity index (χ4v) is 4.71. The van der Waals surface area contributed by atoms with Gasteiger partial charge in [0.2, 0.25) is 5.91 Å². The summed E-state index contributed by atoms with van der Waals surface area (Å²) < 4.78 is 47.8. The molecular formula is C30H29F3N4O5. The van der Waals surface area contributed by atoms with Crippen molar-refractivity contribution < 1.29 is 37.1 Å². The maximum absolute atomic E-state index is 14.2. The SMILES string of the molecule is CC(C)(C)OC(=O)N1CC(=O)CC1C(=O)NC(Cc1cc(F)cc(F)c1)c1ncccc1-c1ccc(F)c(C(N)=O)c1. The minimum absolute atomic E-state index is 0.151. The highest BCUT2D eigenvalue weighted by Crippen LogP contribution is 2.31. The molecule has 1 aliphatic heterocycles. The number of Topliss-reactive ketones (excluding diaryl/α,β-unsaturated/α-hetero) is 1. The van der Waals surface area contributed by atoms with E-state index in [0.717, 1.165) is 23.1 Å². The summed E-state index contributed by atoms with van der Waals surface area (Å²) in [5.74, 6) is -4.56. The molecule has 9 nitrogen and oxygen atoms in total. The third-order valence-electron chi connectivity index (χ3n) is 6.46. The first-order valence-corrected chi connectivity index (χ1v) is 13.0. The van der Waals surface area contributed by atoms with E-state index in [2.05, 4.69) is 10.3 Å². The Hall–Kier alpha value is -4.74. The van der Waals surface area contributed by atoms with Crippen LogP contribution in [0.25, 0.3) is 11.1 Å². The number of nitrogens with zero attached hydrogens (tertiary/aromatic N) is 2. The first kappa shape index (κ1) is 30.2. The molecule has 1 saturated heterocycles. The summed E-state index contributed by atoms with van der Waals surface area (Å²) in [5.41, 5.74) is 5.17. The lowest BCUT2D eigenvalue weighted by atomic mass is 9.94. The summed E-state index contributed by atoms with van der Waals surface area (Å²) in [4.78, 5) is 56.0. The van der Waals surface area contributed by atoms with Gasteiger partial charge in [-0.1, -0.05) is 12.1 Å². The number of nitrogens with two attached hydrogens (primary N) is 1. The van der Waals surface area contributed by atoms with Crippen molar-refractivity contribution in [3.05, 3.63) is 89.0 Å². The summed E-state index contributed by atoms with van der Waals surface area (Å²) >= 11 is 0. The zero-order valence-electron chi connectivity index (χ0n) is 23.1. The topological polar surface area (TPSA) is 132 Å². The molecule has 2 heterocycles. The zero-order chi connectivity index (χ0) is 30.8. The molecule has 3 aromatic rings. The van der Waals surface area contributed by atoms with Crippen LogP contribution in [0.4, 0.5) is 18.0 Å². The summed E-state index contributed by atoms with van der Waals surface area (Å²) in [6.07, 6.45) is 0.165. The number of pyridine rings is 1. The molecule has 1 aliphatic rings. The minimum Gasteiger partial charge on any atom is -0.444 e. The lowest BCUT2D eigenvalue weighted by Crippen LogP contribution is -2.48. The highest BCUT2D eigenvalue weighted by molar-refractivity contribution is 5.98. The second kappa shape index (κ2) is 12.0. The summed E-state index contributed by atoms with van der Waals surface area (Å²) in [6, 6.07) is 7.51. The number of amides is 3. The normalized spacial score (nSPS) is 15.8. The second-order valence-electron chi connectivity index (χ2n) is 10.9. The Balaban J connectivity index is 1.75. The predicted octanol–water partition coefficient (Wildman–Crippen LogP) is 4.24. The molecule has 3 amide bonds. The molecule has 3 N–H and O–H groups in total. The fraction of sp³-hybridized carbons (Fsp3) is 0.300. The lowest BCUT2D eigenvalue weighted by Gasteiger charge is -2.29. The van der Waals surface area contributed by atoms with Gasteiger partial charge in [0.1, 0.15) is 29.1 Å². The molecule has 2 unspecified atom stereocenters. The Bertz CT molecular complexity index is 1540. The summed E-state index contributed by atoms with van der Waals surface area (Å²) in [6.45, 7) is 4.61. The molecule has 4 rings (SSSR count). The smallest absolute Gasteiger partial charge is 0.411 e. The minimum atomic E-state index is -1.21. The standard InChI is InChI=1S/C30H29F3N4O5/c1-30(2,3)42-29(41)37-15-20(38)14-25(37)28(40)36-24(11-16-9-18(31)13-19(32)10-16)26-21(5-4-8-35-26)17-6-7-23(33)22(12-17)27(34)39/h4-10,12-13,24-25H,11,14-15H2,1-3H3,(H2,34,39)(H,36,40). The molecule has 0 aliphatic carbocycles. The Morgan fingerprint density at radius 2 is 1.79 bits per heavy atom. The predicted molar refractivity (Wildman–Crippen MR) is 145 cm³/mol. The lowest BCUT2D eigenvalue weighted by molar-refractivity contribution is -0.126. The number of hydrogen-bond acceptors (Lipinski definition) is 6. The van der Waals surface area contributed by atoms with Crippen LogP contribution in [0.5, 0.6) is 0 Å². The molecule has 220 valence electrons. The van der Waals surface area contributed by atoms with Crippen LogP contribution in [0.2, 0.25) is 0 Å². The number of benzene rings is 2. The van der Waals surface area contributed by atoms with Crippen molar-refractivity contribution in [1.29, 1.82) is 0 Å². The maximum Gasteiger partial charge on any atom is 0.411 e. The van der Waals surface area contributed by atoms with E-state index in [1.807, 2.05) is 0 Å². The molecule has 0 bridgehead atoms. The molecule has 42 heavy (non-hydrogen) atoms. The van der Waals surface area contributed by atoms with Gasteiger partial charge in [0.05, 0.1) is 23.8 Å². The average molecular weight is 583 g/mol. The van der Waals surface area contributed by atoms with Gasteiger partial charge in [0.15, 0.2) is 5.78 Å². The Labute approximate surface area is 239 Å². The van der Waals surface area contributed by atoms with Crippen molar-refractivity contribution in [2.75, 3.05) is 6.54 Å². The number of halogens is 3. The van der Waals surface area contributed by atoms with Gasteiger partial charge in [-0.2, -0.15) is 0 Å². The third-order valence-corrected chi connectivity index (χ3v) is 6.46. The van der Waals surface area contributed by atoms with Crippen LogP contribution in [-0.2, 0) is 20.7 Å². The molecule has 0 radical (unpaired) electrons.